The molecule has 0 aliphatic heterocycles. The molecule has 2 aromatic heterocycles. The Labute approximate surface area is 248 Å². The van der Waals surface area contributed by atoms with Crippen molar-refractivity contribution < 1.29 is 0 Å². The minimum Gasteiger partial charge on any atom is -0.309 e. The highest BCUT2D eigenvalue weighted by Crippen LogP contribution is 2.39. The van der Waals surface area contributed by atoms with Gasteiger partial charge in [-0.25, -0.2) is 0 Å². The summed E-state index contributed by atoms with van der Waals surface area (Å²) in [4.78, 5) is 0. The van der Waals surface area contributed by atoms with Gasteiger partial charge < -0.3 is 9.13 Å². The van der Waals surface area contributed by atoms with Crippen molar-refractivity contribution in [3.8, 4) is 22.5 Å². The van der Waals surface area contributed by atoms with Gasteiger partial charge >= 0.3 is 0 Å². The van der Waals surface area contributed by atoms with Gasteiger partial charge in [-0.2, -0.15) is 0 Å². The molecule has 6 aromatic carbocycles. The van der Waals surface area contributed by atoms with E-state index in [0.717, 1.165) is 8.95 Å². The fourth-order valence-corrected chi connectivity index (χ4v) is 6.78. The lowest BCUT2D eigenvalue weighted by Gasteiger charge is -2.09. The van der Waals surface area contributed by atoms with Crippen molar-refractivity contribution in [2.75, 3.05) is 0 Å². The molecule has 0 spiro atoms. The van der Waals surface area contributed by atoms with Crippen LogP contribution in [0, 0.1) is 0 Å². The maximum atomic E-state index is 3.71. The molecule has 8 aromatic rings. The van der Waals surface area contributed by atoms with Crippen LogP contribution in [0.2, 0.25) is 0 Å². The highest BCUT2D eigenvalue weighted by atomic mass is 79.9. The van der Waals surface area contributed by atoms with E-state index in [1.54, 1.807) is 0 Å². The summed E-state index contributed by atoms with van der Waals surface area (Å²) in [5.74, 6) is 0. The predicted octanol–water partition coefficient (Wildman–Crippen LogP) is 11.1. The van der Waals surface area contributed by atoms with Gasteiger partial charge in [-0.15, -0.1) is 0 Å². The summed E-state index contributed by atoms with van der Waals surface area (Å²) < 4.78 is 6.88. The molecule has 2 nitrogen and oxygen atoms in total. The molecule has 4 heteroatoms. The number of nitrogens with zero attached hydrogens (tertiary/aromatic N) is 2. The zero-order valence-electron chi connectivity index (χ0n) is 21.4. The third-order valence-electron chi connectivity index (χ3n) is 7.82. The number of rotatable bonds is 3. The first-order valence-corrected chi connectivity index (χ1v) is 14.8. The SMILES string of the molecule is Brc1ccc2c(c1)c1cc(-c3ccc4c(c3)c3cc(Br)ccc3n4-c3ccccc3)ccc1n2-c1ccccc1. The van der Waals surface area contributed by atoms with Crippen LogP contribution in [-0.4, -0.2) is 9.13 Å². The van der Waals surface area contributed by atoms with Crippen molar-refractivity contribution in [2.24, 2.45) is 0 Å². The molecule has 0 fully saturated rings. The standard InChI is InChI=1S/C36H22Br2N2/c37-25-13-17-35-31(21-25)29-19-23(11-15-33(29)39(35)27-7-3-1-4-8-27)24-12-16-34-30(20-24)32-22-26(38)14-18-36(32)40(34)28-9-5-2-6-10-28/h1-22H. The van der Waals surface area contributed by atoms with Gasteiger partial charge in [-0.05, 0) is 96.1 Å². The van der Waals surface area contributed by atoms with E-state index in [0.29, 0.717) is 0 Å². The molecule has 0 unspecified atom stereocenters. The predicted molar refractivity (Wildman–Crippen MR) is 176 cm³/mol. The third kappa shape index (κ3) is 3.67. The molecule has 0 aliphatic carbocycles. The zero-order valence-corrected chi connectivity index (χ0v) is 24.5. The summed E-state index contributed by atoms with van der Waals surface area (Å²) in [6.45, 7) is 0. The lowest BCUT2D eigenvalue weighted by atomic mass is 10.0. The van der Waals surface area contributed by atoms with Gasteiger partial charge in [0.1, 0.15) is 0 Å². The highest BCUT2D eigenvalue weighted by molar-refractivity contribution is 9.10. The Balaban J connectivity index is 1.38. The summed E-state index contributed by atoms with van der Waals surface area (Å²) >= 11 is 7.42. The van der Waals surface area contributed by atoms with Crippen LogP contribution in [0.15, 0.2) is 142 Å². The summed E-state index contributed by atoms with van der Waals surface area (Å²) in [5, 5.41) is 4.96. The van der Waals surface area contributed by atoms with Crippen LogP contribution in [0.25, 0.3) is 66.1 Å². The van der Waals surface area contributed by atoms with Crippen molar-refractivity contribution in [3.63, 3.8) is 0 Å². The molecular weight excluding hydrogens is 620 g/mol. The molecule has 0 radical (unpaired) electrons. The fraction of sp³-hybridized carbons (Fsp3) is 0. The Morgan fingerprint density at radius 1 is 0.350 bits per heavy atom. The van der Waals surface area contributed by atoms with Crippen molar-refractivity contribution in [1.82, 2.24) is 9.13 Å². The van der Waals surface area contributed by atoms with Gasteiger partial charge in [0.05, 0.1) is 22.1 Å². The fourth-order valence-electron chi connectivity index (χ4n) is 6.06. The van der Waals surface area contributed by atoms with Crippen LogP contribution < -0.4 is 0 Å². The Morgan fingerprint density at radius 2 is 0.700 bits per heavy atom. The molecule has 0 N–H and O–H groups in total. The van der Waals surface area contributed by atoms with Gasteiger partial charge in [0, 0.05) is 41.9 Å². The molecule has 8 rings (SSSR count). The molecule has 0 saturated heterocycles. The maximum Gasteiger partial charge on any atom is 0.0541 e. The van der Waals surface area contributed by atoms with Crippen LogP contribution in [0.5, 0.6) is 0 Å². The largest absolute Gasteiger partial charge is 0.309 e. The van der Waals surface area contributed by atoms with E-state index < -0.39 is 0 Å². The first-order chi connectivity index (χ1) is 19.7. The van der Waals surface area contributed by atoms with Crippen LogP contribution in [-0.2, 0) is 0 Å². The number of aromatic nitrogens is 2. The van der Waals surface area contributed by atoms with Crippen LogP contribution in [0.3, 0.4) is 0 Å². The van der Waals surface area contributed by atoms with E-state index in [4.69, 9.17) is 0 Å². The van der Waals surface area contributed by atoms with Crippen LogP contribution in [0.4, 0.5) is 0 Å². The smallest absolute Gasteiger partial charge is 0.0541 e. The number of para-hydroxylation sites is 2. The Hall–Kier alpha value is -4.12. The van der Waals surface area contributed by atoms with E-state index in [-0.39, 0.29) is 0 Å². The van der Waals surface area contributed by atoms with Crippen molar-refractivity contribution in [2.45, 2.75) is 0 Å². The Kier molecular flexibility index (Phi) is 5.48. The normalized spacial score (nSPS) is 11.8. The third-order valence-corrected chi connectivity index (χ3v) is 8.80. The molecule has 40 heavy (non-hydrogen) atoms. The number of hydrogen-bond acceptors (Lipinski definition) is 0. The van der Waals surface area contributed by atoms with Gasteiger partial charge in [-0.3, -0.25) is 0 Å². The molecule has 190 valence electrons. The van der Waals surface area contributed by atoms with Gasteiger partial charge in [-0.1, -0.05) is 80.4 Å². The van der Waals surface area contributed by atoms with E-state index >= 15 is 0 Å². The lowest BCUT2D eigenvalue weighted by molar-refractivity contribution is 1.18. The summed E-state index contributed by atoms with van der Waals surface area (Å²) in [7, 11) is 0. The highest BCUT2D eigenvalue weighted by Gasteiger charge is 2.16. The van der Waals surface area contributed by atoms with Crippen LogP contribution >= 0.6 is 31.9 Å². The number of benzene rings is 6. The second-order valence-corrected chi connectivity index (χ2v) is 12.0. The lowest BCUT2D eigenvalue weighted by Crippen LogP contribution is -1.93. The van der Waals surface area contributed by atoms with E-state index in [1.165, 1.54) is 66.1 Å². The molecule has 2 heterocycles. The van der Waals surface area contributed by atoms with Gasteiger partial charge in [0.15, 0.2) is 0 Å². The quantitative estimate of drug-likeness (QED) is 0.182. The second kappa shape index (κ2) is 9.22. The first-order valence-electron chi connectivity index (χ1n) is 13.2. The minimum absolute atomic E-state index is 1.08. The first kappa shape index (κ1) is 23.7. The van der Waals surface area contributed by atoms with Gasteiger partial charge in [0.25, 0.3) is 0 Å². The summed E-state index contributed by atoms with van der Waals surface area (Å²) in [5.41, 5.74) is 9.55. The second-order valence-electron chi connectivity index (χ2n) is 10.1. The number of halogens is 2. The zero-order chi connectivity index (χ0) is 26.8. The van der Waals surface area contributed by atoms with Crippen LogP contribution in [0.1, 0.15) is 0 Å². The Bertz CT molecular complexity index is 2060. The molecule has 0 atom stereocenters. The average molecular weight is 642 g/mol. The summed E-state index contributed by atoms with van der Waals surface area (Å²) in [6, 6.07) is 48.0. The van der Waals surface area contributed by atoms with Gasteiger partial charge in [0.2, 0.25) is 0 Å². The van der Waals surface area contributed by atoms with E-state index in [2.05, 4.69) is 174 Å². The van der Waals surface area contributed by atoms with Crippen molar-refractivity contribution in [1.29, 1.82) is 0 Å². The Morgan fingerprint density at radius 3 is 1.10 bits per heavy atom. The molecule has 0 saturated carbocycles. The van der Waals surface area contributed by atoms with Crippen molar-refractivity contribution >= 4 is 75.5 Å². The number of fused-ring (bicyclic) bond motifs is 6. The average Bonchev–Trinajstić information content (AvgIpc) is 3.49. The maximum absolute atomic E-state index is 3.71. The monoisotopic (exact) mass is 640 g/mol. The van der Waals surface area contributed by atoms with E-state index in [1.807, 2.05) is 0 Å². The number of hydrogen-bond donors (Lipinski definition) is 0. The van der Waals surface area contributed by atoms with E-state index in [9.17, 15) is 0 Å². The van der Waals surface area contributed by atoms with Crippen molar-refractivity contribution in [3.05, 3.63) is 142 Å². The molecular formula is C36H22Br2N2. The molecule has 0 aliphatic rings. The topological polar surface area (TPSA) is 9.86 Å². The molecule has 0 amide bonds. The molecule has 0 bridgehead atoms. The summed E-state index contributed by atoms with van der Waals surface area (Å²) in [6.07, 6.45) is 0. The minimum atomic E-state index is 1.08.